The molecule has 0 aromatic heterocycles. The average Bonchev–Trinajstić information content (AvgIpc) is 2.98. The lowest BCUT2D eigenvalue weighted by Gasteiger charge is -2.48. The van der Waals surface area contributed by atoms with E-state index in [1.807, 2.05) is 24.3 Å². The normalized spacial score (nSPS) is 28.8. The molecule has 0 radical (unpaired) electrons. The molecular formula is C32H35F2NO6. The lowest BCUT2D eigenvalue weighted by molar-refractivity contribution is -0.141. The zero-order chi connectivity index (χ0) is 29.3. The number of benzene rings is 3. The fourth-order valence-electron chi connectivity index (χ4n) is 6.26. The van der Waals surface area contributed by atoms with E-state index < -0.39 is 47.9 Å². The number of hydrogen-bond acceptors (Lipinski definition) is 6. The number of aliphatic hydroxyl groups is 5. The van der Waals surface area contributed by atoms with Gasteiger partial charge in [0.1, 0.15) is 17.7 Å². The Hall–Kier alpha value is -3.21. The summed E-state index contributed by atoms with van der Waals surface area (Å²) in [6.45, 7) is -0.285. The summed E-state index contributed by atoms with van der Waals surface area (Å²) < 4.78 is 26.9. The highest BCUT2D eigenvalue weighted by Crippen LogP contribution is 2.46. The summed E-state index contributed by atoms with van der Waals surface area (Å²) in [5, 5.41) is 51.1. The number of aliphatic hydroxyl groups excluding tert-OH is 5. The Labute approximate surface area is 237 Å². The van der Waals surface area contributed by atoms with Crippen molar-refractivity contribution in [2.75, 3.05) is 11.5 Å². The van der Waals surface area contributed by atoms with Crippen molar-refractivity contribution in [2.45, 2.75) is 56.1 Å². The fourth-order valence-corrected chi connectivity index (χ4v) is 6.26. The van der Waals surface area contributed by atoms with Crippen LogP contribution in [0.4, 0.5) is 14.5 Å². The maximum absolute atomic E-state index is 13.6. The van der Waals surface area contributed by atoms with Crippen LogP contribution >= 0.6 is 0 Å². The van der Waals surface area contributed by atoms with Gasteiger partial charge in [0.25, 0.3) is 0 Å². The quantitative estimate of drug-likeness (QED) is 0.253. The van der Waals surface area contributed by atoms with E-state index in [0.717, 1.165) is 11.1 Å². The molecule has 1 amide bonds. The van der Waals surface area contributed by atoms with Crippen molar-refractivity contribution in [1.82, 2.24) is 0 Å². The molecule has 1 aliphatic heterocycles. The van der Waals surface area contributed by atoms with E-state index in [1.165, 1.54) is 36.4 Å². The molecule has 8 atom stereocenters. The first-order valence-electron chi connectivity index (χ1n) is 13.9. The van der Waals surface area contributed by atoms with Crippen LogP contribution in [0.1, 0.15) is 48.1 Å². The second-order valence-electron chi connectivity index (χ2n) is 11.2. The number of β-lactam (4-membered cyclic amide) rings is 1. The lowest BCUT2D eigenvalue weighted by Crippen LogP contribution is -2.55. The Morgan fingerprint density at radius 3 is 2.00 bits per heavy atom. The number of carbonyl (C=O) groups excluding carboxylic acids is 1. The highest BCUT2D eigenvalue weighted by atomic mass is 19.1. The van der Waals surface area contributed by atoms with Crippen LogP contribution in [-0.4, -0.2) is 56.4 Å². The summed E-state index contributed by atoms with van der Waals surface area (Å²) in [6.07, 6.45) is -3.01. The van der Waals surface area contributed by atoms with Gasteiger partial charge in [-0.3, -0.25) is 4.79 Å². The van der Waals surface area contributed by atoms with Gasteiger partial charge in [-0.05, 0) is 84.7 Å². The van der Waals surface area contributed by atoms with Gasteiger partial charge in [-0.15, -0.1) is 0 Å². The van der Waals surface area contributed by atoms with Crippen molar-refractivity contribution in [2.24, 2.45) is 17.8 Å². The summed E-state index contributed by atoms with van der Waals surface area (Å²) in [5.74, 6) is -2.24. The van der Waals surface area contributed by atoms with Crippen LogP contribution in [0.3, 0.4) is 0 Å². The molecule has 3 aromatic rings. The smallest absolute Gasteiger partial charge is 0.233 e. The predicted octanol–water partition coefficient (Wildman–Crippen LogP) is 3.44. The third-order valence-corrected chi connectivity index (χ3v) is 8.65. The van der Waals surface area contributed by atoms with Crippen LogP contribution < -0.4 is 4.90 Å². The zero-order valence-corrected chi connectivity index (χ0v) is 22.4. The third kappa shape index (κ3) is 6.05. The molecule has 9 heteroatoms. The molecule has 1 unspecified atom stereocenters. The van der Waals surface area contributed by atoms with E-state index in [4.69, 9.17) is 0 Å². The van der Waals surface area contributed by atoms with Crippen LogP contribution in [0.15, 0.2) is 72.8 Å². The molecule has 1 heterocycles. The zero-order valence-electron chi connectivity index (χ0n) is 22.4. The first-order chi connectivity index (χ1) is 19.7. The molecular weight excluding hydrogens is 532 g/mol. The van der Waals surface area contributed by atoms with Crippen LogP contribution in [0, 0.1) is 29.4 Å². The highest BCUT2D eigenvalue weighted by molar-refractivity contribution is 6.03. The van der Waals surface area contributed by atoms with Crippen molar-refractivity contribution >= 4 is 11.6 Å². The molecule has 5 N–H and O–H groups in total. The molecule has 0 bridgehead atoms. The predicted molar refractivity (Wildman–Crippen MR) is 148 cm³/mol. The van der Waals surface area contributed by atoms with Crippen molar-refractivity contribution < 1.29 is 39.1 Å². The van der Waals surface area contributed by atoms with E-state index >= 15 is 0 Å². The summed E-state index contributed by atoms with van der Waals surface area (Å²) in [7, 11) is 0. The maximum Gasteiger partial charge on any atom is 0.233 e. The largest absolute Gasteiger partial charge is 0.396 e. The van der Waals surface area contributed by atoms with Crippen LogP contribution in [0.2, 0.25) is 0 Å². The van der Waals surface area contributed by atoms with Gasteiger partial charge >= 0.3 is 0 Å². The van der Waals surface area contributed by atoms with Gasteiger partial charge in [-0.25, -0.2) is 8.78 Å². The molecule has 2 aliphatic rings. The topological polar surface area (TPSA) is 121 Å². The number of amides is 1. The van der Waals surface area contributed by atoms with Crippen LogP contribution in [0.5, 0.6) is 0 Å². The molecule has 1 saturated carbocycles. The fraction of sp³-hybridized carbons (Fsp3) is 0.406. The van der Waals surface area contributed by atoms with Gasteiger partial charge in [0, 0.05) is 18.2 Å². The summed E-state index contributed by atoms with van der Waals surface area (Å²) in [5.41, 5.74) is 2.88. The minimum absolute atomic E-state index is 0.134. The SMILES string of the molecule is O=C1[C@H](CC[C@H](O)c2ccc(F)cc2)[C@@H](c2ccc(CC3C[C@H](CO)[C@@H](O)[C@H](O)[C@H]3O)cc2)N1c1ccc(F)cc1. The monoisotopic (exact) mass is 567 g/mol. The van der Waals surface area contributed by atoms with Crippen molar-refractivity contribution in [3.63, 3.8) is 0 Å². The number of rotatable bonds is 9. The Balaban J connectivity index is 1.33. The Kier molecular flexibility index (Phi) is 8.82. The average molecular weight is 568 g/mol. The molecule has 1 aliphatic carbocycles. The standard InChI is InChI=1S/C32H35F2NO6/c33-23-7-5-19(6-8-23)27(37)14-13-26-28(35(32(26)41)25-11-9-24(34)10-12-25)20-3-1-18(2-4-20)15-21-16-22(17-36)30(39)31(40)29(21)38/h1-12,21-22,26-31,36-40H,13-17H2/t21?,22-,26-,27+,28-,29+,30-,31-/m1/s1. The minimum atomic E-state index is -1.33. The van der Waals surface area contributed by atoms with Crippen molar-refractivity contribution in [3.8, 4) is 0 Å². The van der Waals surface area contributed by atoms with Gasteiger partial charge in [-0.2, -0.15) is 0 Å². The van der Waals surface area contributed by atoms with E-state index in [0.29, 0.717) is 36.9 Å². The van der Waals surface area contributed by atoms with E-state index in [1.54, 1.807) is 17.0 Å². The Morgan fingerprint density at radius 2 is 1.39 bits per heavy atom. The summed E-state index contributed by atoms with van der Waals surface area (Å²) in [6, 6.07) is 18.6. The number of nitrogens with zero attached hydrogens (tertiary/aromatic N) is 1. The lowest BCUT2D eigenvalue weighted by atomic mass is 9.73. The molecule has 1 saturated heterocycles. The summed E-state index contributed by atoms with van der Waals surface area (Å²) in [4.78, 5) is 14.9. The van der Waals surface area contributed by atoms with E-state index in [-0.39, 0.29) is 24.5 Å². The maximum atomic E-state index is 13.6. The number of hydrogen-bond donors (Lipinski definition) is 5. The van der Waals surface area contributed by atoms with Crippen LogP contribution in [-0.2, 0) is 11.2 Å². The molecule has 7 nitrogen and oxygen atoms in total. The molecule has 41 heavy (non-hydrogen) atoms. The van der Waals surface area contributed by atoms with E-state index in [9.17, 15) is 39.1 Å². The molecule has 218 valence electrons. The van der Waals surface area contributed by atoms with Gasteiger partial charge in [0.15, 0.2) is 0 Å². The first kappa shape index (κ1) is 29.3. The van der Waals surface area contributed by atoms with Gasteiger partial charge in [0.2, 0.25) is 5.91 Å². The molecule has 3 aromatic carbocycles. The van der Waals surface area contributed by atoms with Crippen molar-refractivity contribution in [1.29, 1.82) is 0 Å². The van der Waals surface area contributed by atoms with Crippen molar-refractivity contribution in [3.05, 3.63) is 101 Å². The number of carbonyl (C=O) groups is 1. The second-order valence-corrected chi connectivity index (χ2v) is 11.2. The van der Waals surface area contributed by atoms with Gasteiger partial charge in [-0.1, -0.05) is 36.4 Å². The molecule has 0 spiro atoms. The molecule has 5 rings (SSSR count). The third-order valence-electron chi connectivity index (χ3n) is 8.65. The number of halogens is 2. The summed E-state index contributed by atoms with van der Waals surface area (Å²) >= 11 is 0. The Bertz CT molecular complexity index is 1320. The first-order valence-corrected chi connectivity index (χ1v) is 13.9. The Morgan fingerprint density at radius 1 is 0.805 bits per heavy atom. The van der Waals surface area contributed by atoms with Gasteiger partial charge in [0.05, 0.1) is 30.3 Å². The van der Waals surface area contributed by atoms with E-state index in [2.05, 4.69) is 0 Å². The molecule has 2 fully saturated rings. The highest BCUT2D eigenvalue weighted by Gasteiger charge is 2.48. The second kappa shape index (κ2) is 12.3. The minimum Gasteiger partial charge on any atom is -0.396 e. The number of anilines is 1. The van der Waals surface area contributed by atoms with Gasteiger partial charge < -0.3 is 30.4 Å². The van der Waals surface area contributed by atoms with Crippen LogP contribution in [0.25, 0.3) is 0 Å².